The SMILES string of the molecule is O=C(Nc1cccc(Cl)c1)C1CCN(c2ccc(-c3cccnc3)nn2)CC1. The number of hydrogen-bond donors (Lipinski definition) is 1. The van der Waals surface area contributed by atoms with Crippen molar-refractivity contribution in [3.63, 3.8) is 0 Å². The van der Waals surface area contributed by atoms with Gasteiger partial charge in [0.25, 0.3) is 0 Å². The van der Waals surface area contributed by atoms with Gasteiger partial charge in [-0.25, -0.2) is 0 Å². The average molecular weight is 394 g/mol. The van der Waals surface area contributed by atoms with Crippen LogP contribution in [0.25, 0.3) is 11.3 Å². The van der Waals surface area contributed by atoms with E-state index in [1.165, 1.54) is 0 Å². The minimum Gasteiger partial charge on any atom is -0.355 e. The van der Waals surface area contributed by atoms with Crippen LogP contribution in [0.2, 0.25) is 5.02 Å². The fraction of sp³-hybridized carbons (Fsp3) is 0.238. The third-order valence-electron chi connectivity index (χ3n) is 4.89. The Kier molecular flexibility index (Phi) is 5.48. The molecular formula is C21H20ClN5O. The van der Waals surface area contributed by atoms with Crippen molar-refractivity contribution in [3.8, 4) is 11.3 Å². The lowest BCUT2D eigenvalue weighted by Crippen LogP contribution is -2.38. The Morgan fingerprint density at radius 3 is 2.61 bits per heavy atom. The maximum atomic E-state index is 12.5. The van der Waals surface area contributed by atoms with E-state index in [0.29, 0.717) is 5.02 Å². The van der Waals surface area contributed by atoms with Crippen molar-refractivity contribution >= 4 is 29.0 Å². The van der Waals surface area contributed by atoms with Crippen LogP contribution < -0.4 is 10.2 Å². The standard InChI is InChI=1S/C21H20ClN5O/c22-17-4-1-5-18(13-17)24-21(28)15-8-11-27(12-9-15)20-7-6-19(25-26-20)16-3-2-10-23-14-16/h1-7,10,13-15H,8-9,11-12H2,(H,24,28). The Morgan fingerprint density at radius 1 is 1.07 bits per heavy atom. The molecule has 0 unspecified atom stereocenters. The van der Waals surface area contributed by atoms with E-state index in [1.54, 1.807) is 24.5 Å². The van der Waals surface area contributed by atoms with Crippen LogP contribution in [0.4, 0.5) is 11.5 Å². The number of anilines is 2. The lowest BCUT2D eigenvalue weighted by Gasteiger charge is -2.31. The first-order chi connectivity index (χ1) is 13.7. The van der Waals surface area contributed by atoms with Gasteiger partial charge in [-0.05, 0) is 55.3 Å². The zero-order valence-corrected chi connectivity index (χ0v) is 16.0. The summed E-state index contributed by atoms with van der Waals surface area (Å²) in [6.07, 6.45) is 5.06. The monoisotopic (exact) mass is 393 g/mol. The largest absolute Gasteiger partial charge is 0.355 e. The van der Waals surface area contributed by atoms with Gasteiger partial charge in [-0.3, -0.25) is 9.78 Å². The van der Waals surface area contributed by atoms with E-state index in [2.05, 4.69) is 25.4 Å². The van der Waals surface area contributed by atoms with E-state index in [9.17, 15) is 4.79 Å². The summed E-state index contributed by atoms with van der Waals surface area (Å²) in [7, 11) is 0. The number of nitrogens with zero attached hydrogens (tertiary/aromatic N) is 4. The summed E-state index contributed by atoms with van der Waals surface area (Å²) in [4.78, 5) is 18.8. The molecule has 7 heteroatoms. The van der Waals surface area contributed by atoms with Gasteiger partial charge in [-0.2, -0.15) is 0 Å². The number of carbonyl (C=O) groups is 1. The number of nitrogens with one attached hydrogen (secondary N) is 1. The highest BCUT2D eigenvalue weighted by Crippen LogP contribution is 2.24. The summed E-state index contributed by atoms with van der Waals surface area (Å²) >= 11 is 5.98. The molecule has 1 amide bonds. The Balaban J connectivity index is 1.34. The smallest absolute Gasteiger partial charge is 0.227 e. The Hall–Kier alpha value is -2.99. The molecule has 1 saturated heterocycles. The van der Waals surface area contributed by atoms with Gasteiger partial charge in [0.1, 0.15) is 0 Å². The summed E-state index contributed by atoms with van der Waals surface area (Å²) < 4.78 is 0. The van der Waals surface area contributed by atoms with Crippen molar-refractivity contribution < 1.29 is 4.79 Å². The predicted octanol–water partition coefficient (Wildman–Crippen LogP) is 4.05. The molecule has 0 aliphatic carbocycles. The maximum Gasteiger partial charge on any atom is 0.227 e. The maximum absolute atomic E-state index is 12.5. The third kappa shape index (κ3) is 4.28. The number of rotatable bonds is 4. The summed E-state index contributed by atoms with van der Waals surface area (Å²) in [5, 5.41) is 12.2. The van der Waals surface area contributed by atoms with E-state index in [4.69, 9.17) is 11.6 Å². The summed E-state index contributed by atoms with van der Waals surface area (Å²) in [6.45, 7) is 1.54. The first-order valence-electron chi connectivity index (χ1n) is 9.24. The minimum absolute atomic E-state index is 0.0159. The van der Waals surface area contributed by atoms with Crippen molar-refractivity contribution in [1.29, 1.82) is 0 Å². The van der Waals surface area contributed by atoms with Gasteiger partial charge >= 0.3 is 0 Å². The molecule has 1 fully saturated rings. The fourth-order valence-electron chi connectivity index (χ4n) is 3.34. The summed E-state index contributed by atoms with van der Waals surface area (Å²) in [6, 6.07) is 15.0. The lowest BCUT2D eigenvalue weighted by atomic mass is 9.96. The molecule has 1 aliphatic heterocycles. The van der Waals surface area contributed by atoms with Gasteiger partial charge < -0.3 is 10.2 Å². The van der Waals surface area contributed by atoms with Gasteiger partial charge in [0.05, 0.1) is 5.69 Å². The second-order valence-electron chi connectivity index (χ2n) is 6.78. The zero-order valence-electron chi connectivity index (χ0n) is 15.3. The van der Waals surface area contributed by atoms with Gasteiger partial charge in [0.15, 0.2) is 5.82 Å². The quantitative estimate of drug-likeness (QED) is 0.724. The first-order valence-corrected chi connectivity index (χ1v) is 9.62. The van der Waals surface area contributed by atoms with Crippen molar-refractivity contribution in [2.45, 2.75) is 12.8 Å². The van der Waals surface area contributed by atoms with Crippen molar-refractivity contribution in [3.05, 3.63) is 65.9 Å². The second-order valence-corrected chi connectivity index (χ2v) is 7.22. The summed E-state index contributed by atoms with van der Waals surface area (Å²) in [5.41, 5.74) is 2.47. The van der Waals surface area contributed by atoms with Gasteiger partial charge in [0, 0.05) is 47.7 Å². The molecule has 1 aliphatic rings. The Morgan fingerprint density at radius 2 is 1.93 bits per heavy atom. The molecule has 0 bridgehead atoms. The molecule has 0 saturated carbocycles. The van der Waals surface area contributed by atoms with Crippen LogP contribution in [0.5, 0.6) is 0 Å². The number of hydrogen-bond acceptors (Lipinski definition) is 5. The molecule has 142 valence electrons. The van der Waals surface area contributed by atoms with Crippen LogP contribution in [0, 0.1) is 5.92 Å². The Labute approximate surface area is 168 Å². The number of pyridine rings is 1. The van der Waals surface area contributed by atoms with E-state index >= 15 is 0 Å². The first kappa shape index (κ1) is 18.4. The number of piperidine rings is 1. The van der Waals surface area contributed by atoms with E-state index in [0.717, 1.165) is 48.7 Å². The molecule has 3 aromatic rings. The predicted molar refractivity (Wildman–Crippen MR) is 110 cm³/mol. The van der Waals surface area contributed by atoms with Crippen LogP contribution in [-0.4, -0.2) is 34.2 Å². The molecule has 0 atom stereocenters. The molecule has 28 heavy (non-hydrogen) atoms. The Bertz CT molecular complexity index is 941. The van der Waals surface area contributed by atoms with E-state index < -0.39 is 0 Å². The van der Waals surface area contributed by atoms with Crippen molar-refractivity contribution in [2.75, 3.05) is 23.3 Å². The van der Waals surface area contributed by atoms with E-state index in [-0.39, 0.29) is 11.8 Å². The third-order valence-corrected chi connectivity index (χ3v) is 5.12. The van der Waals surface area contributed by atoms with Crippen LogP contribution in [0.1, 0.15) is 12.8 Å². The van der Waals surface area contributed by atoms with Crippen LogP contribution in [-0.2, 0) is 4.79 Å². The fourth-order valence-corrected chi connectivity index (χ4v) is 3.53. The normalized spacial score (nSPS) is 14.7. The highest BCUT2D eigenvalue weighted by molar-refractivity contribution is 6.30. The van der Waals surface area contributed by atoms with Gasteiger partial charge in [-0.1, -0.05) is 17.7 Å². The second kappa shape index (κ2) is 8.35. The molecule has 6 nitrogen and oxygen atoms in total. The molecular weight excluding hydrogens is 374 g/mol. The average Bonchev–Trinajstić information content (AvgIpc) is 2.75. The van der Waals surface area contributed by atoms with Gasteiger partial charge in [0.2, 0.25) is 5.91 Å². The van der Waals surface area contributed by atoms with Crippen molar-refractivity contribution in [1.82, 2.24) is 15.2 Å². The molecule has 4 rings (SSSR count). The number of carbonyl (C=O) groups excluding carboxylic acids is 1. The number of amides is 1. The molecule has 1 aromatic carbocycles. The highest BCUT2D eigenvalue weighted by atomic mass is 35.5. The van der Waals surface area contributed by atoms with Crippen LogP contribution in [0.15, 0.2) is 60.9 Å². The molecule has 1 N–H and O–H groups in total. The van der Waals surface area contributed by atoms with E-state index in [1.807, 2.05) is 36.4 Å². The highest BCUT2D eigenvalue weighted by Gasteiger charge is 2.26. The topological polar surface area (TPSA) is 71.0 Å². The van der Waals surface area contributed by atoms with Crippen molar-refractivity contribution in [2.24, 2.45) is 5.92 Å². The number of halogens is 1. The minimum atomic E-state index is -0.0159. The molecule has 0 radical (unpaired) electrons. The lowest BCUT2D eigenvalue weighted by molar-refractivity contribution is -0.120. The molecule has 0 spiro atoms. The van der Waals surface area contributed by atoms with Crippen LogP contribution in [0.3, 0.4) is 0 Å². The summed E-state index contributed by atoms with van der Waals surface area (Å²) in [5.74, 6) is 0.860. The molecule has 2 aromatic heterocycles. The van der Waals surface area contributed by atoms with Crippen LogP contribution >= 0.6 is 11.6 Å². The zero-order chi connectivity index (χ0) is 19.3. The molecule has 3 heterocycles. The number of benzene rings is 1. The number of aromatic nitrogens is 3. The van der Waals surface area contributed by atoms with Gasteiger partial charge in [-0.15, -0.1) is 10.2 Å².